The number of rotatable bonds is 3. The molecule has 0 aromatic heterocycles. The molecule has 98 valence electrons. The zero-order valence-corrected chi connectivity index (χ0v) is 11.7. The number of carbonyl (C=O) groups is 2. The largest absolute Gasteiger partial charge is 0.478 e. The van der Waals surface area contributed by atoms with Crippen LogP contribution in [0.3, 0.4) is 0 Å². The van der Waals surface area contributed by atoms with E-state index in [9.17, 15) is 9.59 Å². The van der Waals surface area contributed by atoms with E-state index in [2.05, 4.69) is 15.9 Å². The van der Waals surface area contributed by atoms with Crippen molar-refractivity contribution >= 4 is 45.2 Å². The molecule has 0 heterocycles. The van der Waals surface area contributed by atoms with Crippen LogP contribution in [0, 0.1) is 0 Å². The first-order valence-corrected chi connectivity index (χ1v) is 6.00. The fourth-order valence-corrected chi connectivity index (χ4v) is 2.09. The van der Waals surface area contributed by atoms with E-state index < -0.39 is 18.0 Å². The number of hydrogen-bond acceptors (Lipinski definition) is 4. The number of anilines is 1. The Labute approximate surface area is 117 Å². The van der Waals surface area contributed by atoms with Crippen LogP contribution in [0.2, 0.25) is 5.02 Å². The summed E-state index contributed by atoms with van der Waals surface area (Å²) in [6.45, 7) is 1.46. The summed E-state index contributed by atoms with van der Waals surface area (Å²) < 4.78 is 5.85. The SMILES string of the molecule is CC(Oc1c(N)cc(Cl)cc1Br)C(=O)NC(N)=O. The first kappa shape index (κ1) is 14.6. The molecule has 0 aliphatic heterocycles. The quantitative estimate of drug-likeness (QED) is 0.729. The van der Waals surface area contributed by atoms with E-state index in [1.165, 1.54) is 13.0 Å². The summed E-state index contributed by atoms with van der Waals surface area (Å²) in [4.78, 5) is 22.0. The summed E-state index contributed by atoms with van der Waals surface area (Å²) in [6, 6.07) is 2.12. The maximum Gasteiger partial charge on any atom is 0.318 e. The lowest BCUT2D eigenvalue weighted by Gasteiger charge is -2.16. The van der Waals surface area contributed by atoms with Gasteiger partial charge in [0.25, 0.3) is 5.91 Å². The molecule has 18 heavy (non-hydrogen) atoms. The number of benzene rings is 1. The Morgan fingerprint density at radius 3 is 2.61 bits per heavy atom. The number of carbonyl (C=O) groups excluding carboxylic acids is 2. The van der Waals surface area contributed by atoms with Gasteiger partial charge in [-0.3, -0.25) is 10.1 Å². The van der Waals surface area contributed by atoms with Crippen molar-refractivity contribution in [2.45, 2.75) is 13.0 Å². The Morgan fingerprint density at radius 2 is 2.11 bits per heavy atom. The van der Waals surface area contributed by atoms with Crippen molar-refractivity contribution in [3.63, 3.8) is 0 Å². The number of nitrogen functional groups attached to an aromatic ring is 1. The van der Waals surface area contributed by atoms with Crippen molar-refractivity contribution in [2.75, 3.05) is 5.73 Å². The molecular weight excluding hydrogens is 325 g/mol. The summed E-state index contributed by atoms with van der Waals surface area (Å²) in [6.07, 6.45) is -0.933. The Bertz CT molecular complexity index is 472. The smallest absolute Gasteiger partial charge is 0.318 e. The van der Waals surface area contributed by atoms with Crippen molar-refractivity contribution in [2.24, 2.45) is 5.73 Å². The molecule has 5 N–H and O–H groups in total. The minimum Gasteiger partial charge on any atom is -0.478 e. The second-order valence-corrected chi connectivity index (χ2v) is 4.71. The van der Waals surface area contributed by atoms with Crippen LogP contribution in [0.4, 0.5) is 10.5 Å². The third kappa shape index (κ3) is 3.78. The van der Waals surface area contributed by atoms with Gasteiger partial charge in [-0.25, -0.2) is 4.79 Å². The number of nitrogens with one attached hydrogen (secondary N) is 1. The average Bonchev–Trinajstić information content (AvgIpc) is 2.21. The predicted octanol–water partition coefficient (Wildman–Crippen LogP) is 1.65. The lowest BCUT2D eigenvalue weighted by molar-refractivity contribution is -0.126. The van der Waals surface area contributed by atoms with E-state index in [0.717, 1.165) is 0 Å². The molecule has 1 rings (SSSR count). The highest BCUT2D eigenvalue weighted by Crippen LogP contribution is 2.35. The van der Waals surface area contributed by atoms with Crippen LogP contribution < -0.4 is 21.5 Å². The van der Waals surface area contributed by atoms with Gasteiger partial charge in [-0.2, -0.15) is 0 Å². The molecule has 1 aromatic rings. The third-order valence-electron chi connectivity index (χ3n) is 1.95. The van der Waals surface area contributed by atoms with Crippen molar-refractivity contribution in [1.29, 1.82) is 0 Å². The Kier molecular flexibility index (Phi) is 4.80. The molecule has 0 saturated heterocycles. The zero-order chi connectivity index (χ0) is 13.9. The van der Waals surface area contributed by atoms with E-state index in [4.69, 9.17) is 27.8 Å². The zero-order valence-electron chi connectivity index (χ0n) is 9.37. The molecule has 0 radical (unpaired) electrons. The van der Waals surface area contributed by atoms with Gasteiger partial charge >= 0.3 is 6.03 Å². The topological polar surface area (TPSA) is 107 Å². The highest BCUT2D eigenvalue weighted by molar-refractivity contribution is 9.10. The van der Waals surface area contributed by atoms with Gasteiger partial charge < -0.3 is 16.2 Å². The van der Waals surface area contributed by atoms with Crippen molar-refractivity contribution in [1.82, 2.24) is 5.32 Å². The van der Waals surface area contributed by atoms with Crippen LogP contribution in [0.5, 0.6) is 5.75 Å². The van der Waals surface area contributed by atoms with Gasteiger partial charge in [-0.15, -0.1) is 0 Å². The molecule has 1 unspecified atom stereocenters. The molecule has 0 aliphatic carbocycles. The normalized spacial score (nSPS) is 11.7. The van der Waals surface area contributed by atoms with Gasteiger partial charge in [-0.1, -0.05) is 11.6 Å². The number of nitrogens with two attached hydrogens (primary N) is 2. The number of ether oxygens (including phenoxy) is 1. The Morgan fingerprint density at radius 1 is 1.50 bits per heavy atom. The first-order chi connectivity index (χ1) is 8.31. The van der Waals surface area contributed by atoms with Crippen LogP contribution in [0.15, 0.2) is 16.6 Å². The van der Waals surface area contributed by atoms with Crippen molar-refractivity contribution in [3.8, 4) is 5.75 Å². The van der Waals surface area contributed by atoms with E-state index in [1.807, 2.05) is 5.32 Å². The highest BCUT2D eigenvalue weighted by atomic mass is 79.9. The molecule has 0 spiro atoms. The van der Waals surface area contributed by atoms with Crippen LogP contribution >= 0.6 is 27.5 Å². The van der Waals surface area contributed by atoms with Crippen LogP contribution in [-0.2, 0) is 4.79 Å². The van der Waals surface area contributed by atoms with Gasteiger partial charge in [-0.05, 0) is 35.0 Å². The summed E-state index contributed by atoms with van der Waals surface area (Å²) in [5, 5.41) is 2.34. The van der Waals surface area contributed by atoms with Crippen LogP contribution in [0.1, 0.15) is 6.92 Å². The molecule has 3 amide bonds. The first-order valence-electron chi connectivity index (χ1n) is 4.82. The molecule has 0 saturated carbocycles. The second-order valence-electron chi connectivity index (χ2n) is 3.42. The van der Waals surface area contributed by atoms with Crippen molar-refractivity contribution in [3.05, 3.63) is 21.6 Å². The van der Waals surface area contributed by atoms with Gasteiger partial charge in [0.2, 0.25) is 0 Å². The number of hydrogen-bond donors (Lipinski definition) is 3. The summed E-state index contributed by atoms with van der Waals surface area (Å²) >= 11 is 9.00. The van der Waals surface area contributed by atoms with Gasteiger partial charge in [0, 0.05) is 5.02 Å². The molecule has 0 fully saturated rings. The van der Waals surface area contributed by atoms with Crippen LogP contribution in [0.25, 0.3) is 0 Å². The summed E-state index contributed by atoms with van der Waals surface area (Å²) in [5.41, 5.74) is 10.8. The summed E-state index contributed by atoms with van der Waals surface area (Å²) in [7, 11) is 0. The maximum absolute atomic E-state index is 11.4. The molecule has 0 bridgehead atoms. The highest BCUT2D eigenvalue weighted by Gasteiger charge is 2.19. The molecule has 8 heteroatoms. The second kappa shape index (κ2) is 5.92. The van der Waals surface area contributed by atoms with Gasteiger partial charge in [0.1, 0.15) is 0 Å². The predicted molar refractivity (Wildman–Crippen MR) is 71.4 cm³/mol. The minimum absolute atomic E-state index is 0.270. The molecular formula is C10H11BrClN3O3. The molecule has 1 atom stereocenters. The van der Waals surface area contributed by atoms with E-state index in [1.54, 1.807) is 6.07 Å². The number of urea groups is 1. The minimum atomic E-state index is -0.946. The number of imide groups is 1. The van der Waals surface area contributed by atoms with Gasteiger partial charge in [0.15, 0.2) is 11.9 Å². The van der Waals surface area contributed by atoms with Gasteiger partial charge in [0.05, 0.1) is 10.2 Å². The van der Waals surface area contributed by atoms with E-state index in [-0.39, 0.29) is 11.4 Å². The maximum atomic E-state index is 11.4. The Balaban J connectivity index is 2.85. The number of amides is 3. The van der Waals surface area contributed by atoms with E-state index in [0.29, 0.717) is 9.50 Å². The fourth-order valence-electron chi connectivity index (χ4n) is 1.16. The van der Waals surface area contributed by atoms with Crippen molar-refractivity contribution < 1.29 is 14.3 Å². The monoisotopic (exact) mass is 335 g/mol. The molecule has 6 nitrogen and oxygen atoms in total. The third-order valence-corrected chi connectivity index (χ3v) is 2.75. The fraction of sp³-hybridized carbons (Fsp3) is 0.200. The van der Waals surface area contributed by atoms with E-state index >= 15 is 0 Å². The number of halogens is 2. The number of primary amides is 1. The molecule has 0 aliphatic rings. The standard InChI is InChI=1S/C10H11BrClN3O3/c1-4(9(16)15-10(14)17)18-8-6(11)2-5(12)3-7(8)13/h2-4H,13H2,1H3,(H3,14,15,16,17). The average molecular weight is 337 g/mol. The van der Waals surface area contributed by atoms with Crippen LogP contribution in [-0.4, -0.2) is 18.0 Å². The lowest BCUT2D eigenvalue weighted by Crippen LogP contribution is -2.42. The molecule has 1 aromatic carbocycles. The lowest BCUT2D eigenvalue weighted by atomic mass is 10.3. The summed E-state index contributed by atoms with van der Waals surface area (Å²) in [5.74, 6) is -0.393. The Hall–Kier alpha value is -1.47.